The van der Waals surface area contributed by atoms with E-state index in [9.17, 15) is 18.0 Å². The number of alkyl halides is 3. The maximum Gasteiger partial charge on any atom is 0.422 e. The van der Waals surface area contributed by atoms with Gasteiger partial charge in [0.15, 0.2) is 6.61 Å². The Kier molecular flexibility index (Phi) is 7.15. The Morgan fingerprint density at radius 1 is 1.00 bits per heavy atom. The lowest BCUT2D eigenvalue weighted by Gasteiger charge is -2.30. The number of carbonyl (C=O) groups excluding carboxylic acids is 1. The molecule has 0 bridgehead atoms. The number of hydrogen-bond acceptors (Lipinski definition) is 5. The summed E-state index contributed by atoms with van der Waals surface area (Å²) in [6.45, 7) is 0.489. The summed E-state index contributed by atoms with van der Waals surface area (Å²) < 4.78 is 48.3. The van der Waals surface area contributed by atoms with Crippen LogP contribution in [0.15, 0.2) is 90.0 Å². The summed E-state index contributed by atoms with van der Waals surface area (Å²) >= 11 is 0. The van der Waals surface area contributed by atoms with Crippen molar-refractivity contribution >= 4 is 17.4 Å². The van der Waals surface area contributed by atoms with Gasteiger partial charge in [0.2, 0.25) is 0 Å². The molecular weight excluding hydrogens is 493 g/mol. The molecule has 0 amide bonds. The lowest BCUT2D eigenvalue weighted by atomic mass is 9.83. The number of benzene rings is 3. The van der Waals surface area contributed by atoms with Crippen LogP contribution in [-0.4, -0.2) is 30.5 Å². The second kappa shape index (κ2) is 10.5. The van der Waals surface area contributed by atoms with Crippen LogP contribution < -0.4 is 9.75 Å². The van der Waals surface area contributed by atoms with Gasteiger partial charge in [0, 0.05) is 5.41 Å². The monoisotopic (exact) mass is 522 g/mol. The molecule has 5 nitrogen and oxygen atoms in total. The van der Waals surface area contributed by atoms with Gasteiger partial charge in [-0.15, -0.1) is 0 Å². The highest BCUT2D eigenvalue weighted by Gasteiger charge is 2.60. The fourth-order valence-corrected chi connectivity index (χ4v) is 5.04. The van der Waals surface area contributed by atoms with Crippen LogP contribution in [0.3, 0.4) is 0 Å². The molecule has 0 N–H and O–H groups in total. The highest BCUT2D eigenvalue weighted by molar-refractivity contribution is 6.09. The van der Waals surface area contributed by atoms with Gasteiger partial charge in [0.25, 0.3) is 0 Å². The van der Waals surface area contributed by atoms with Gasteiger partial charge in [-0.2, -0.15) is 18.3 Å². The topological polar surface area (TPSA) is 51.1 Å². The van der Waals surface area contributed by atoms with Gasteiger partial charge in [0.1, 0.15) is 12.4 Å². The van der Waals surface area contributed by atoms with Crippen molar-refractivity contribution in [2.24, 2.45) is 16.4 Å². The van der Waals surface area contributed by atoms with Gasteiger partial charge in [-0.25, -0.2) is 0 Å². The van der Waals surface area contributed by atoms with E-state index in [0.29, 0.717) is 18.8 Å². The number of carbonyl (C=O) groups is 1. The zero-order valence-electron chi connectivity index (χ0n) is 21.0. The minimum Gasteiger partial charge on any atom is -0.489 e. The molecule has 2 aliphatic rings. The van der Waals surface area contributed by atoms with Crippen molar-refractivity contribution in [3.05, 3.63) is 96.1 Å². The first-order chi connectivity index (χ1) is 18.2. The lowest BCUT2D eigenvalue weighted by Crippen LogP contribution is -2.38. The molecule has 38 heavy (non-hydrogen) atoms. The number of esters is 1. The van der Waals surface area contributed by atoms with Gasteiger partial charge in [-0.05, 0) is 54.7 Å². The first-order valence-corrected chi connectivity index (χ1v) is 12.7. The van der Waals surface area contributed by atoms with E-state index in [-0.39, 0.29) is 11.5 Å². The van der Waals surface area contributed by atoms with E-state index in [4.69, 9.17) is 9.84 Å². The summed E-state index contributed by atoms with van der Waals surface area (Å²) in [5, 5.41) is 6.94. The van der Waals surface area contributed by atoms with Crippen molar-refractivity contribution in [1.29, 1.82) is 0 Å². The summed E-state index contributed by atoms with van der Waals surface area (Å²) in [7, 11) is 0. The van der Waals surface area contributed by atoms with Crippen molar-refractivity contribution in [3.63, 3.8) is 0 Å². The summed E-state index contributed by atoms with van der Waals surface area (Å²) in [5.41, 5.74) is 3.59. The van der Waals surface area contributed by atoms with Crippen molar-refractivity contribution < 1.29 is 27.4 Å². The zero-order chi connectivity index (χ0) is 26.8. The molecule has 2 unspecified atom stereocenters. The first-order valence-electron chi connectivity index (χ1n) is 12.7. The van der Waals surface area contributed by atoms with Gasteiger partial charge in [-0.1, -0.05) is 67.6 Å². The molecule has 1 heterocycles. The minimum atomic E-state index is -4.56. The molecule has 1 fully saturated rings. The van der Waals surface area contributed by atoms with Crippen LogP contribution in [0.5, 0.6) is 5.75 Å². The van der Waals surface area contributed by atoms with E-state index in [1.807, 2.05) is 89.9 Å². The molecule has 0 aromatic heterocycles. The first kappa shape index (κ1) is 25.8. The smallest absolute Gasteiger partial charge is 0.422 e. The Balaban J connectivity index is 1.37. The molecule has 1 spiro atoms. The highest BCUT2D eigenvalue weighted by atomic mass is 19.4. The summed E-state index contributed by atoms with van der Waals surface area (Å²) in [6, 6.07) is 27.2. The standard InChI is InChI=1S/C30H29F3N2O3/c1-21(28(36)38-20-30(31,32)33)18-26-29(16-17-29)27(23-10-6-3-7-11-23)34-35(26)24-12-14-25(15-13-24)37-19-22-8-4-2-5-9-22/h2-15,21,26H,16-20H2,1H3. The molecule has 3 aromatic carbocycles. The lowest BCUT2D eigenvalue weighted by molar-refractivity contribution is -0.189. The Morgan fingerprint density at radius 3 is 2.24 bits per heavy atom. The normalized spacial score (nSPS) is 18.7. The number of ether oxygens (including phenoxy) is 2. The number of hydrogen-bond donors (Lipinski definition) is 0. The van der Waals surface area contributed by atoms with Crippen molar-refractivity contribution in [2.45, 2.75) is 45.0 Å². The van der Waals surface area contributed by atoms with Crippen LogP contribution in [0.1, 0.15) is 37.3 Å². The Hall–Kier alpha value is -3.81. The van der Waals surface area contributed by atoms with Crippen LogP contribution in [0, 0.1) is 11.3 Å². The molecule has 3 aromatic rings. The molecule has 198 valence electrons. The van der Waals surface area contributed by atoms with Crippen molar-refractivity contribution in [3.8, 4) is 5.75 Å². The Labute approximate surface area is 219 Å². The maximum atomic E-state index is 12.6. The molecule has 1 saturated carbocycles. The number of rotatable bonds is 9. The third-order valence-electron chi connectivity index (χ3n) is 7.16. The zero-order valence-corrected chi connectivity index (χ0v) is 21.0. The molecular formula is C30H29F3N2O3. The highest BCUT2D eigenvalue weighted by Crippen LogP contribution is 2.58. The Morgan fingerprint density at radius 2 is 1.63 bits per heavy atom. The molecule has 1 aliphatic heterocycles. The Bertz CT molecular complexity index is 1270. The average Bonchev–Trinajstić information content (AvgIpc) is 3.66. The summed E-state index contributed by atoms with van der Waals surface area (Å²) in [6.07, 6.45) is -2.45. The second-order valence-corrected chi connectivity index (χ2v) is 9.96. The number of halogens is 3. The molecule has 0 radical (unpaired) electrons. The third-order valence-corrected chi connectivity index (χ3v) is 7.16. The second-order valence-electron chi connectivity index (χ2n) is 9.96. The number of nitrogens with zero attached hydrogens (tertiary/aromatic N) is 2. The van der Waals surface area contributed by atoms with Crippen LogP contribution >= 0.6 is 0 Å². The van der Waals surface area contributed by atoms with Gasteiger partial charge < -0.3 is 9.47 Å². The van der Waals surface area contributed by atoms with Crippen LogP contribution in [0.25, 0.3) is 0 Å². The van der Waals surface area contributed by atoms with Crippen molar-refractivity contribution in [2.75, 3.05) is 11.6 Å². The maximum absolute atomic E-state index is 12.6. The van der Waals surface area contributed by atoms with E-state index in [0.717, 1.165) is 35.4 Å². The van der Waals surface area contributed by atoms with E-state index in [1.165, 1.54) is 0 Å². The average molecular weight is 523 g/mol. The summed E-state index contributed by atoms with van der Waals surface area (Å²) in [5.74, 6) is -0.858. The largest absolute Gasteiger partial charge is 0.489 e. The fourth-order valence-electron chi connectivity index (χ4n) is 5.04. The van der Waals surface area contributed by atoms with E-state index in [1.54, 1.807) is 6.92 Å². The van der Waals surface area contributed by atoms with E-state index >= 15 is 0 Å². The minimum absolute atomic E-state index is 0.192. The molecule has 1 aliphatic carbocycles. The van der Waals surface area contributed by atoms with Crippen LogP contribution in [0.2, 0.25) is 0 Å². The molecule has 0 saturated heterocycles. The fraction of sp³-hybridized carbons (Fsp3) is 0.333. The van der Waals surface area contributed by atoms with Gasteiger partial charge >= 0.3 is 12.1 Å². The van der Waals surface area contributed by atoms with E-state index in [2.05, 4.69) is 4.74 Å². The summed E-state index contributed by atoms with van der Waals surface area (Å²) in [4.78, 5) is 12.4. The van der Waals surface area contributed by atoms with Crippen LogP contribution in [0.4, 0.5) is 18.9 Å². The SMILES string of the molecule is CC(CC1N(c2ccc(OCc3ccccc3)cc2)N=C(c2ccccc2)C12CC2)C(=O)OCC(F)(F)F. The van der Waals surface area contributed by atoms with Crippen LogP contribution in [-0.2, 0) is 16.1 Å². The molecule has 8 heteroatoms. The number of anilines is 1. The quantitative estimate of drug-likeness (QED) is 0.291. The molecule has 5 rings (SSSR count). The van der Waals surface area contributed by atoms with Crippen molar-refractivity contribution in [1.82, 2.24) is 0 Å². The molecule has 2 atom stereocenters. The predicted molar refractivity (Wildman–Crippen MR) is 139 cm³/mol. The van der Waals surface area contributed by atoms with Gasteiger partial charge in [0.05, 0.1) is 23.4 Å². The predicted octanol–water partition coefficient (Wildman–Crippen LogP) is 6.77. The number of hydrazone groups is 1. The third kappa shape index (κ3) is 5.69. The van der Waals surface area contributed by atoms with Gasteiger partial charge in [-0.3, -0.25) is 9.80 Å². The van der Waals surface area contributed by atoms with E-state index < -0.39 is 24.7 Å².